The summed E-state index contributed by atoms with van der Waals surface area (Å²) in [6, 6.07) is 0.800. The molecule has 1 aliphatic rings. The van der Waals surface area contributed by atoms with Gasteiger partial charge in [-0.3, -0.25) is 4.90 Å². The fourth-order valence-electron chi connectivity index (χ4n) is 1.39. The number of nitrogens with zero attached hydrogens (tertiary/aromatic N) is 2. The highest BCUT2D eigenvalue weighted by Gasteiger charge is 2.28. The monoisotopic (exact) mass is 170 g/mol. The standard InChI is InChI=1S/C10H22N2/c1-10(2,3)12(5)8-9-6-7-11(9)4/h9H,6-8H2,1-5H3. The first-order valence-corrected chi connectivity index (χ1v) is 4.83. The lowest BCUT2D eigenvalue weighted by Gasteiger charge is -2.43. The Morgan fingerprint density at radius 1 is 1.42 bits per heavy atom. The molecule has 1 saturated heterocycles. The van der Waals surface area contributed by atoms with E-state index in [4.69, 9.17) is 0 Å². The third-order valence-electron chi connectivity index (χ3n) is 3.07. The van der Waals surface area contributed by atoms with Crippen molar-refractivity contribution in [2.24, 2.45) is 0 Å². The molecule has 0 aliphatic carbocycles. The van der Waals surface area contributed by atoms with Gasteiger partial charge < -0.3 is 4.90 Å². The predicted octanol–water partition coefficient (Wildman–Crippen LogP) is 1.42. The van der Waals surface area contributed by atoms with Crippen LogP contribution in [0.4, 0.5) is 0 Å². The zero-order valence-corrected chi connectivity index (χ0v) is 9.09. The van der Waals surface area contributed by atoms with E-state index >= 15 is 0 Å². The third-order valence-corrected chi connectivity index (χ3v) is 3.07. The van der Waals surface area contributed by atoms with Crippen LogP contribution >= 0.6 is 0 Å². The second-order valence-corrected chi connectivity index (χ2v) is 4.97. The van der Waals surface area contributed by atoms with Crippen LogP contribution in [0, 0.1) is 0 Å². The first-order chi connectivity index (χ1) is 5.41. The third kappa shape index (κ3) is 2.20. The maximum absolute atomic E-state index is 2.44. The van der Waals surface area contributed by atoms with Crippen molar-refractivity contribution in [1.82, 2.24) is 9.80 Å². The number of rotatable bonds is 2. The molecule has 1 aliphatic heterocycles. The van der Waals surface area contributed by atoms with Crippen molar-refractivity contribution >= 4 is 0 Å². The van der Waals surface area contributed by atoms with Gasteiger partial charge >= 0.3 is 0 Å². The van der Waals surface area contributed by atoms with Crippen LogP contribution in [0.5, 0.6) is 0 Å². The van der Waals surface area contributed by atoms with Gasteiger partial charge in [0.05, 0.1) is 0 Å². The quantitative estimate of drug-likeness (QED) is 0.618. The molecule has 12 heavy (non-hydrogen) atoms. The molecule has 2 nitrogen and oxygen atoms in total. The first kappa shape index (κ1) is 10.0. The lowest BCUT2D eigenvalue weighted by atomic mass is 10.0. The second kappa shape index (κ2) is 3.35. The van der Waals surface area contributed by atoms with Gasteiger partial charge in [0.1, 0.15) is 0 Å². The van der Waals surface area contributed by atoms with E-state index in [1.54, 1.807) is 0 Å². The van der Waals surface area contributed by atoms with Crippen molar-refractivity contribution in [2.75, 3.05) is 27.2 Å². The molecule has 0 radical (unpaired) electrons. The average Bonchev–Trinajstić information content (AvgIpc) is 1.95. The lowest BCUT2D eigenvalue weighted by Crippen LogP contribution is -2.53. The highest BCUT2D eigenvalue weighted by atomic mass is 15.3. The van der Waals surface area contributed by atoms with Gasteiger partial charge in [0.15, 0.2) is 0 Å². The van der Waals surface area contributed by atoms with Crippen molar-refractivity contribution in [1.29, 1.82) is 0 Å². The van der Waals surface area contributed by atoms with E-state index in [0.29, 0.717) is 5.54 Å². The minimum absolute atomic E-state index is 0.316. The molecule has 1 fully saturated rings. The molecule has 0 N–H and O–H groups in total. The van der Waals surface area contributed by atoms with Crippen molar-refractivity contribution < 1.29 is 0 Å². The maximum atomic E-state index is 2.44. The minimum atomic E-state index is 0.316. The van der Waals surface area contributed by atoms with Gasteiger partial charge in [-0.1, -0.05) is 0 Å². The molecular weight excluding hydrogens is 148 g/mol. The molecule has 0 saturated carbocycles. The summed E-state index contributed by atoms with van der Waals surface area (Å²) in [6.45, 7) is 9.30. The lowest BCUT2D eigenvalue weighted by molar-refractivity contribution is 0.0584. The Bertz CT molecular complexity index is 148. The molecule has 0 aromatic heterocycles. The minimum Gasteiger partial charge on any atom is -0.302 e. The van der Waals surface area contributed by atoms with Crippen LogP contribution in [0.25, 0.3) is 0 Å². The fourth-order valence-corrected chi connectivity index (χ4v) is 1.39. The smallest absolute Gasteiger partial charge is 0.0232 e. The summed E-state index contributed by atoms with van der Waals surface area (Å²) >= 11 is 0. The number of hydrogen-bond donors (Lipinski definition) is 0. The van der Waals surface area contributed by atoms with Crippen LogP contribution in [0.1, 0.15) is 27.2 Å². The summed E-state index contributed by atoms with van der Waals surface area (Å²) in [5, 5.41) is 0. The molecule has 1 atom stereocenters. The molecule has 1 unspecified atom stereocenters. The molecule has 2 heteroatoms. The Balaban J connectivity index is 2.31. The summed E-state index contributed by atoms with van der Waals surface area (Å²) in [5.74, 6) is 0. The predicted molar refractivity (Wildman–Crippen MR) is 53.4 cm³/mol. The fraction of sp³-hybridized carbons (Fsp3) is 1.00. The highest BCUT2D eigenvalue weighted by molar-refractivity contribution is 4.85. The van der Waals surface area contributed by atoms with Crippen molar-refractivity contribution in [3.05, 3.63) is 0 Å². The van der Waals surface area contributed by atoms with Crippen LogP contribution in [-0.4, -0.2) is 48.6 Å². The highest BCUT2D eigenvalue weighted by Crippen LogP contribution is 2.19. The Morgan fingerprint density at radius 2 is 2.00 bits per heavy atom. The van der Waals surface area contributed by atoms with Gasteiger partial charge in [-0.2, -0.15) is 0 Å². The summed E-state index contributed by atoms with van der Waals surface area (Å²) < 4.78 is 0. The van der Waals surface area contributed by atoms with Gasteiger partial charge in [0.2, 0.25) is 0 Å². The van der Waals surface area contributed by atoms with Crippen LogP contribution in [0.15, 0.2) is 0 Å². The van der Waals surface area contributed by atoms with Crippen LogP contribution in [-0.2, 0) is 0 Å². The Hall–Kier alpha value is -0.0800. The zero-order chi connectivity index (χ0) is 9.35. The van der Waals surface area contributed by atoms with Crippen LogP contribution in [0.3, 0.4) is 0 Å². The van der Waals surface area contributed by atoms with E-state index in [1.165, 1.54) is 19.5 Å². The van der Waals surface area contributed by atoms with Gasteiger partial charge in [-0.25, -0.2) is 0 Å². The number of likely N-dealkylation sites (tertiary alicyclic amines) is 1. The van der Waals surface area contributed by atoms with Crippen molar-refractivity contribution in [3.63, 3.8) is 0 Å². The Kier molecular flexibility index (Phi) is 2.79. The van der Waals surface area contributed by atoms with Gasteiger partial charge in [-0.15, -0.1) is 0 Å². The van der Waals surface area contributed by atoms with E-state index in [1.807, 2.05) is 0 Å². The molecule has 0 aromatic carbocycles. The largest absolute Gasteiger partial charge is 0.302 e. The molecule has 0 bridgehead atoms. The van der Waals surface area contributed by atoms with Crippen LogP contribution in [0.2, 0.25) is 0 Å². The van der Waals surface area contributed by atoms with Crippen molar-refractivity contribution in [3.8, 4) is 0 Å². The zero-order valence-electron chi connectivity index (χ0n) is 9.09. The second-order valence-electron chi connectivity index (χ2n) is 4.97. The molecule has 1 rings (SSSR count). The van der Waals surface area contributed by atoms with Gasteiger partial charge in [0.25, 0.3) is 0 Å². The molecular formula is C10H22N2. The maximum Gasteiger partial charge on any atom is 0.0232 e. The summed E-state index contributed by atoms with van der Waals surface area (Å²) in [4.78, 5) is 4.87. The number of hydrogen-bond acceptors (Lipinski definition) is 2. The summed E-state index contributed by atoms with van der Waals surface area (Å²) in [5.41, 5.74) is 0.316. The molecule has 0 spiro atoms. The average molecular weight is 170 g/mol. The number of likely N-dealkylation sites (N-methyl/N-ethyl adjacent to an activating group) is 2. The van der Waals surface area contributed by atoms with E-state index in [9.17, 15) is 0 Å². The van der Waals surface area contributed by atoms with Crippen molar-refractivity contribution in [2.45, 2.75) is 38.8 Å². The first-order valence-electron chi connectivity index (χ1n) is 4.83. The topological polar surface area (TPSA) is 6.48 Å². The van der Waals surface area contributed by atoms with Crippen LogP contribution < -0.4 is 0 Å². The molecule has 0 amide bonds. The normalized spacial score (nSPS) is 26.0. The van der Waals surface area contributed by atoms with E-state index in [2.05, 4.69) is 44.7 Å². The summed E-state index contributed by atoms with van der Waals surface area (Å²) in [6.07, 6.45) is 1.37. The molecule has 72 valence electrons. The molecule has 1 heterocycles. The van der Waals surface area contributed by atoms with E-state index in [-0.39, 0.29) is 0 Å². The summed E-state index contributed by atoms with van der Waals surface area (Å²) in [7, 11) is 4.43. The SMILES string of the molecule is CN1CCC1CN(C)C(C)(C)C. The molecule has 0 aromatic rings. The van der Waals surface area contributed by atoms with Gasteiger partial charge in [-0.05, 0) is 47.8 Å². The van der Waals surface area contributed by atoms with Gasteiger partial charge in [0, 0.05) is 18.1 Å². The van der Waals surface area contributed by atoms with E-state index in [0.717, 1.165) is 6.04 Å². The Labute approximate surface area is 76.5 Å². The van der Waals surface area contributed by atoms with E-state index < -0.39 is 0 Å². The Morgan fingerprint density at radius 3 is 2.25 bits per heavy atom.